The summed E-state index contributed by atoms with van der Waals surface area (Å²) in [6.45, 7) is -0.377. The van der Waals surface area contributed by atoms with Crippen molar-refractivity contribution in [3.05, 3.63) is 65.7 Å². The van der Waals surface area contributed by atoms with E-state index < -0.39 is 29.7 Å². The molecule has 1 heterocycles. The molecular weight excluding hydrogens is 391 g/mol. The molecule has 1 aliphatic rings. The van der Waals surface area contributed by atoms with E-state index in [4.69, 9.17) is 4.74 Å². The lowest BCUT2D eigenvalue weighted by Crippen LogP contribution is -2.69. The predicted molar refractivity (Wildman–Crippen MR) is 94.8 cm³/mol. The van der Waals surface area contributed by atoms with Gasteiger partial charge in [0, 0.05) is 5.56 Å². The van der Waals surface area contributed by atoms with E-state index in [1.54, 1.807) is 41.0 Å². The molecule has 0 radical (unpaired) electrons. The Kier molecular flexibility index (Phi) is 5.19. The summed E-state index contributed by atoms with van der Waals surface area (Å²) in [4.78, 5) is 37.7. The van der Waals surface area contributed by atoms with Gasteiger partial charge in [-0.1, -0.05) is 36.4 Å². The molecule has 1 aliphatic heterocycles. The maximum atomic E-state index is 13.9. The molecule has 0 aliphatic carbocycles. The maximum Gasteiger partial charge on any atom is 0.440 e. The summed E-state index contributed by atoms with van der Waals surface area (Å²) in [5.41, 5.74) is -3.29. The molecule has 7 nitrogen and oxygen atoms in total. The fourth-order valence-corrected chi connectivity index (χ4v) is 2.84. The lowest BCUT2D eigenvalue weighted by atomic mass is 10.1. The molecule has 1 atom stereocenters. The Labute approximate surface area is 163 Å². The summed E-state index contributed by atoms with van der Waals surface area (Å²) < 4.78 is 46.6. The highest BCUT2D eigenvalue weighted by atomic mass is 19.4. The van der Waals surface area contributed by atoms with E-state index >= 15 is 0 Å². The number of nitrogens with zero attached hydrogens (tertiary/aromatic N) is 1. The monoisotopic (exact) mass is 407 g/mol. The van der Waals surface area contributed by atoms with Gasteiger partial charge in [-0.25, -0.2) is 4.79 Å². The second-order valence-electron chi connectivity index (χ2n) is 6.24. The van der Waals surface area contributed by atoms with Crippen LogP contribution in [0.2, 0.25) is 0 Å². The molecular formula is C19H16F3N3O4. The molecule has 1 unspecified atom stereocenters. The molecule has 29 heavy (non-hydrogen) atoms. The molecule has 1 fully saturated rings. The number of alkyl halides is 3. The molecule has 0 aromatic heterocycles. The van der Waals surface area contributed by atoms with Crippen LogP contribution in [0.5, 0.6) is 5.75 Å². The minimum Gasteiger partial charge on any atom is -0.497 e. The molecule has 2 N–H and O–H groups in total. The third-order valence-electron chi connectivity index (χ3n) is 4.35. The number of amides is 4. The first-order valence-electron chi connectivity index (χ1n) is 8.39. The van der Waals surface area contributed by atoms with Crippen molar-refractivity contribution in [1.29, 1.82) is 0 Å². The average molecular weight is 407 g/mol. The van der Waals surface area contributed by atoms with Crippen LogP contribution < -0.4 is 15.4 Å². The quantitative estimate of drug-likeness (QED) is 0.746. The lowest BCUT2D eigenvalue weighted by molar-refractivity contribution is -0.200. The highest BCUT2D eigenvalue weighted by molar-refractivity contribution is 6.10. The van der Waals surface area contributed by atoms with E-state index in [0.29, 0.717) is 10.5 Å². The van der Waals surface area contributed by atoms with Crippen molar-refractivity contribution in [3.63, 3.8) is 0 Å². The van der Waals surface area contributed by atoms with Crippen LogP contribution in [0.4, 0.5) is 18.0 Å². The number of carbonyl (C=O) groups is 3. The summed E-state index contributed by atoms with van der Waals surface area (Å²) >= 11 is 0. The summed E-state index contributed by atoms with van der Waals surface area (Å²) in [5, 5.41) is 3.26. The average Bonchev–Trinajstić information content (AvgIpc) is 2.93. The molecule has 0 bridgehead atoms. The molecule has 10 heteroatoms. The Hall–Kier alpha value is -3.56. The summed E-state index contributed by atoms with van der Waals surface area (Å²) in [5.74, 6) is -2.57. The van der Waals surface area contributed by atoms with Gasteiger partial charge in [0.15, 0.2) is 0 Å². The molecule has 0 spiro atoms. The number of benzene rings is 2. The molecule has 2 aromatic rings. The third kappa shape index (κ3) is 3.73. The lowest BCUT2D eigenvalue weighted by Gasteiger charge is -2.30. The highest BCUT2D eigenvalue weighted by Gasteiger charge is 2.68. The zero-order valence-electron chi connectivity index (χ0n) is 15.1. The number of rotatable bonds is 5. The SMILES string of the molecule is COc1cccc(C(=O)NC2(C(F)(F)F)NC(=O)N(Cc3ccccc3)C2=O)c1. The van der Waals surface area contributed by atoms with E-state index in [-0.39, 0.29) is 17.9 Å². The van der Waals surface area contributed by atoms with Crippen molar-refractivity contribution in [3.8, 4) is 5.75 Å². The molecule has 0 saturated carbocycles. The van der Waals surface area contributed by atoms with Gasteiger partial charge in [0.05, 0.1) is 13.7 Å². The first-order chi connectivity index (χ1) is 13.7. The number of hydrogen-bond donors (Lipinski definition) is 2. The first-order valence-corrected chi connectivity index (χ1v) is 8.39. The number of nitrogens with one attached hydrogen (secondary N) is 2. The fourth-order valence-electron chi connectivity index (χ4n) is 2.84. The number of imide groups is 1. The number of halogens is 3. The smallest absolute Gasteiger partial charge is 0.440 e. The second kappa shape index (κ2) is 7.46. The van der Waals surface area contributed by atoms with Crippen molar-refractivity contribution >= 4 is 17.8 Å². The van der Waals surface area contributed by atoms with Crippen molar-refractivity contribution in [2.75, 3.05) is 7.11 Å². The van der Waals surface area contributed by atoms with Gasteiger partial charge in [-0.3, -0.25) is 19.8 Å². The van der Waals surface area contributed by atoms with Gasteiger partial charge in [-0.05, 0) is 23.8 Å². The standard InChI is InChI=1S/C19H16F3N3O4/c1-29-14-9-5-8-13(10-14)15(26)23-18(19(20,21)22)16(27)25(17(28)24-18)11-12-6-3-2-4-7-12/h2-10H,11H2,1H3,(H,23,26)(H,24,28). The van der Waals surface area contributed by atoms with Gasteiger partial charge in [-0.15, -0.1) is 0 Å². The van der Waals surface area contributed by atoms with Crippen LogP contribution in [0.3, 0.4) is 0 Å². The van der Waals surface area contributed by atoms with Crippen LogP contribution in [0.1, 0.15) is 15.9 Å². The van der Waals surface area contributed by atoms with Gasteiger partial charge in [0.25, 0.3) is 17.5 Å². The van der Waals surface area contributed by atoms with Crippen LogP contribution in [0.15, 0.2) is 54.6 Å². The van der Waals surface area contributed by atoms with Crippen LogP contribution in [-0.4, -0.2) is 41.7 Å². The van der Waals surface area contributed by atoms with Gasteiger partial charge >= 0.3 is 12.2 Å². The van der Waals surface area contributed by atoms with Gasteiger partial charge < -0.3 is 10.1 Å². The minimum absolute atomic E-state index is 0.170. The van der Waals surface area contributed by atoms with E-state index in [2.05, 4.69) is 0 Å². The molecule has 4 amide bonds. The Morgan fingerprint density at radius 2 is 1.83 bits per heavy atom. The van der Waals surface area contributed by atoms with Crippen LogP contribution in [-0.2, 0) is 11.3 Å². The zero-order valence-corrected chi connectivity index (χ0v) is 15.1. The van der Waals surface area contributed by atoms with Gasteiger partial charge in [0.1, 0.15) is 5.75 Å². The minimum atomic E-state index is -5.28. The summed E-state index contributed by atoms with van der Waals surface area (Å²) in [6.07, 6.45) is -5.28. The van der Waals surface area contributed by atoms with Crippen LogP contribution >= 0.6 is 0 Å². The summed E-state index contributed by atoms with van der Waals surface area (Å²) in [7, 11) is 1.33. The number of carbonyl (C=O) groups excluding carboxylic acids is 3. The largest absolute Gasteiger partial charge is 0.497 e. The maximum absolute atomic E-state index is 13.9. The second-order valence-corrected chi connectivity index (χ2v) is 6.24. The third-order valence-corrected chi connectivity index (χ3v) is 4.35. The molecule has 1 saturated heterocycles. The topological polar surface area (TPSA) is 87.7 Å². The summed E-state index contributed by atoms with van der Waals surface area (Å²) in [6, 6.07) is 12.2. The molecule has 2 aromatic carbocycles. The number of methoxy groups -OCH3 is 1. The highest BCUT2D eigenvalue weighted by Crippen LogP contribution is 2.34. The van der Waals surface area contributed by atoms with E-state index in [9.17, 15) is 27.6 Å². The van der Waals surface area contributed by atoms with E-state index in [1.807, 2.05) is 0 Å². The first kappa shape index (κ1) is 20.2. The van der Waals surface area contributed by atoms with Crippen molar-refractivity contribution in [2.45, 2.75) is 18.4 Å². The Bertz CT molecular complexity index is 949. The van der Waals surface area contributed by atoms with Crippen molar-refractivity contribution < 1.29 is 32.3 Å². The molecule has 3 rings (SSSR count). The number of urea groups is 1. The Morgan fingerprint density at radius 1 is 1.14 bits per heavy atom. The molecule has 152 valence electrons. The van der Waals surface area contributed by atoms with Crippen LogP contribution in [0, 0.1) is 0 Å². The number of ether oxygens (including phenoxy) is 1. The normalized spacial score (nSPS) is 19.1. The Balaban J connectivity index is 1.92. The van der Waals surface area contributed by atoms with Gasteiger partial charge in [0.2, 0.25) is 0 Å². The Morgan fingerprint density at radius 3 is 2.45 bits per heavy atom. The zero-order chi connectivity index (χ0) is 21.2. The van der Waals surface area contributed by atoms with E-state index in [1.165, 1.54) is 31.4 Å². The van der Waals surface area contributed by atoms with Crippen molar-refractivity contribution in [1.82, 2.24) is 15.5 Å². The van der Waals surface area contributed by atoms with Crippen LogP contribution in [0.25, 0.3) is 0 Å². The van der Waals surface area contributed by atoms with Crippen molar-refractivity contribution in [2.24, 2.45) is 0 Å². The predicted octanol–water partition coefficient (Wildman–Crippen LogP) is 2.44. The number of hydrogen-bond acceptors (Lipinski definition) is 4. The van der Waals surface area contributed by atoms with E-state index in [0.717, 1.165) is 0 Å². The fraction of sp³-hybridized carbons (Fsp3) is 0.211. The van der Waals surface area contributed by atoms with Gasteiger partial charge in [-0.2, -0.15) is 13.2 Å².